The Morgan fingerprint density at radius 3 is 2.48 bits per heavy atom. The van der Waals surface area contributed by atoms with Crippen LogP contribution in [0.1, 0.15) is 31.4 Å². The van der Waals surface area contributed by atoms with Crippen molar-refractivity contribution in [3.8, 4) is 0 Å². The third kappa shape index (κ3) is 4.91. The van der Waals surface area contributed by atoms with Gasteiger partial charge in [0.1, 0.15) is 0 Å². The molecule has 0 saturated carbocycles. The molecular weight excluding hydrogens is 344 g/mol. The first kappa shape index (κ1) is 19.5. The second-order valence-corrected chi connectivity index (χ2v) is 7.29. The molecule has 148 valence electrons. The highest BCUT2D eigenvalue weighted by Crippen LogP contribution is 2.25. The van der Waals surface area contributed by atoms with Crippen molar-refractivity contribution in [3.63, 3.8) is 0 Å². The molecule has 1 aromatic rings. The minimum absolute atomic E-state index is 0.00784. The summed E-state index contributed by atoms with van der Waals surface area (Å²) in [6.07, 6.45) is 1.26. The van der Waals surface area contributed by atoms with Gasteiger partial charge in [0.15, 0.2) is 0 Å². The highest BCUT2D eigenvalue weighted by atomic mass is 16.6. The minimum Gasteiger partial charge on any atom is -0.450 e. The van der Waals surface area contributed by atoms with Gasteiger partial charge >= 0.3 is 12.1 Å². The number of likely N-dealkylation sites (tertiary alicyclic amines) is 1. The van der Waals surface area contributed by atoms with Crippen LogP contribution < -0.4 is 5.32 Å². The largest absolute Gasteiger partial charge is 0.450 e. The van der Waals surface area contributed by atoms with Crippen molar-refractivity contribution >= 4 is 12.1 Å². The number of carbonyl (C=O) groups excluding carboxylic acids is 2. The molecule has 0 spiro atoms. The number of carbonyl (C=O) groups is 2. The summed E-state index contributed by atoms with van der Waals surface area (Å²) in [6, 6.07) is 10.4. The molecule has 1 unspecified atom stereocenters. The number of piperidine rings is 1. The van der Waals surface area contributed by atoms with Crippen molar-refractivity contribution in [3.05, 3.63) is 35.9 Å². The van der Waals surface area contributed by atoms with E-state index in [1.54, 1.807) is 4.90 Å². The third-order valence-corrected chi connectivity index (χ3v) is 5.38. The highest BCUT2D eigenvalue weighted by Gasteiger charge is 2.32. The average Bonchev–Trinajstić information content (AvgIpc) is 2.69. The van der Waals surface area contributed by atoms with Crippen LogP contribution in [-0.4, -0.2) is 79.2 Å². The molecular formula is C20H30N4O3. The van der Waals surface area contributed by atoms with E-state index >= 15 is 0 Å². The summed E-state index contributed by atoms with van der Waals surface area (Å²) in [5, 5.41) is 3.18. The number of likely N-dealkylation sites (N-methyl/N-ethyl adjacent to an activating group) is 1. The fourth-order valence-corrected chi connectivity index (χ4v) is 3.80. The first-order chi connectivity index (χ1) is 13.1. The van der Waals surface area contributed by atoms with Crippen LogP contribution >= 0.6 is 0 Å². The Balaban J connectivity index is 1.57. The minimum atomic E-state index is -0.259. The Morgan fingerprint density at radius 1 is 1.11 bits per heavy atom. The highest BCUT2D eigenvalue weighted by molar-refractivity contribution is 5.75. The van der Waals surface area contributed by atoms with E-state index < -0.39 is 0 Å². The normalized spacial score (nSPS) is 21.8. The van der Waals surface area contributed by atoms with Crippen LogP contribution in [0.3, 0.4) is 0 Å². The van der Waals surface area contributed by atoms with Gasteiger partial charge in [0.25, 0.3) is 0 Å². The zero-order valence-electron chi connectivity index (χ0n) is 16.3. The lowest BCUT2D eigenvalue weighted by atomic mass is 10.0. The predicted octanol–water partition coefficient (Wildman–Crippen LogP) is 2.31. The Labute approximate surface area is 161 Å². The van der Waals surface area contributed by atoms with Crippen LogP contribution in [0.15, 0.2) is 30.3 Å². The first-order valence-corrected chi connectivity index (χ1v) is 9.80. The molecule has 7 heteroatoms. The van der Waals surface area contributed by atoms with Crippen LogP contribution in [0.25, 0.3) is 0 Å². The van der Waals surface area contributed by atoms with Crippen molar-refractivity contribution < 1.29 is 14.3 Å². The van der Waals surface area contributed by atoms with Crippen molar-refractivity contribution in [2.45, 2.75) is 31.8 Å². The molecule has 0 radical (unpaired) electrons. The molecule has 3 amide bonds. The van der Waals surface area contributed by atoms with Crippen LogP contribution in [0.5, 0.6) is 0 Å². The SMILES string of the molecule is CCOC(=O)N1CCC(NC(=O)N2CCN(C)CC2c2ccccc2)CC1. The molecule has 2 fully saturated rings. The maximum Gasteiger partial charge on any atom is 0.409 e. The van der Waals surface area contributed by atoms with Crippen molar-refractivity contribution in [1.82, 2.24) is 20.0 Å². The maximum atomic E-state index is 13.0. The number of urea groups is 1. The average molecular weight is 374 g/mol. The fourth-order valence-electron chi connectivity index (χ4n) is 3.80. The molecule has 1 aromatic carbocycles. The van der Waals surface area contributed by atoms with Gasteiger partial charge in [-0.1, -0.05) is 30.3 Å². The lowest BCUT2D eigenvalue weighted by molar-refractivity contribution is 0.0904. The van der Waals surface area contributed by atoms with Gasteiger partial charge in [-0.3, -0.25) is 0 Å². The summed E-state index contributed by atoms with van der Waals surface area (Å²) in [7, 11) is 2.09. The zero-order valence-corrected chi connectivity index (χ0v) is 16.3. The Hall–Kier alpha value is -2.28. The topological polar surface area (TPSA) is 65.1 Å². The summed E-state index contributed by atoms with van der Waals surface area (Å²) in [5.74, 6) is 0. The summed E-state index contributed by atoms with van der Waals surface area (Å²) >= 11 is 0. The van der Waals surface area contributed by atoms with Gasteiger partial charge in [0.05, 0.1) is 12.6 Å². The van der Waals surface area contributed by atoms with Crippen molar-refractivity contribution in [1.29, 1.82) is 0 Å². The molecule has 27 heavy (non-hydrogen) atoms. The van der Waals surface area contributed by atoms with Crippen LogP contribution in [0.2, 0.25) is 0 Å². The smallest absolute Gasteiger partial charge is 0.409 e. The second-order valence-electron chi connectivity index (χ2n) is 7.29. The molecule has 0 aliphatic carbocycles. The van der Waals surface area contributed by atoms with Crippen LogP contribution in [-0.2, 0) is 4.74 Å². The van der Waals surface area contributed by atoms with Crippen molar-refractivity contribution in [2.75, 3.05) is 46.4 Å². The number of amides is 3. The van der Waals surface area contributed by atoms with Gasteiger partial charge in [-0.15, -0.1) is 0 Å². The van der Waals surface area contributed by atoms with Crippen LogP contribution in [0.4, 0.5) is 9.59 Å². The van der Waals surface area contributed by atoms with Gasteiger partial charge < -0.3 is 24.8 Å². The fraction of sp³-hybridized carbons (Fsp3) is 0.600. The number of benzene rings is 1. The number of hydrogen-bond donors (Lipinski definition) is 1. The van der Waals surface area contributed by atoms with E-state index in [4.69, 9.17) is 4.74 Å². The Morgan fingerprint density at radius 2 is 1.81 bits per heavy atom. The summed E-state index contributed by atoms with van der Waals surface area (Å²) < 4.78 is 5.05. The van der Waals surface area contributed by atoms with E-state index in [0.29, 0.717) is 26.2 Å². The van der Waals surface area contributed by atoms with Crippen LogP contribution in [0, 0.1) is 0 Å². The Bertz CT molecular complexity index is 631. The van der Waals surface area contributed by atoms with E-state index in [2.05, 4.69) is 29.4 Å². The number of hydrogen-bond acceptors (Lipinski definition) is 4. The second kappa shape index (κ2) is 9.08. The zero-order chi connectivity index (χ0) is 19.2. The maximum absolute atomic E-state index is 13.0. The molecule has 2 aliphatic heterocycles. The first-order valence-electron chi connectivity index (χ1n) is 9.80. The summed E-state index contributed by atoms with van der Waals surface area (Å²) in [5.41, 5.74) is 1.16. The van der Waals surface area contributed by atoms with Gasteiger partial charge in [-0.05, 0) is 32.4 Å². The van der Waals surface area contributed by atoms with Gasteiger partial charge in [-0.25, -0.2) is 9.59 Å². The lowest BCUT2D eigenvalue weighted by Gasteiger charge is -2.41. The standard InChI is InChI=1S/C20H30N4O3/c1-3-27-20(26)23-11-9-17(10-12-23)21-19(25)24-14-13-22(2)15-18(24)16-7-5-4-6-8-16/h4-8,17-18H,3,9-15H2,1-2H3,(H,21,25). The Kier molecular flexibility index (Phi) is 6.55. The molecule has 2 heterocycles. The van der Waals surface area contributed by atoms with E-state index in [1.807, 2.05) is 30.0 Å². The quantitative estimate of drug-likeness (QED) is 0.882. The van der Waals surface area contributed by atoms with E-state index in [-0.39, 0.29) is 24.2 Å². The number of rotatable bonds is 3. The number of nitrogens with one attached hydrogen (secondary N) is 1. The van der Waals surface area contributed by atoms with Crippen molar-refractivity contribution in [2.24, 2.45) is 0 Å². The number of ether oxygens (including phenoxy) is 1. The van der Waals surface area contributed by atoms with Gasteiger partial charge in [-0.2, -0.15) is 0 Å². The molecule has 2 aliphatic rings. The van der Waals surface area contributed by atoms with E-state index in [0.717, 1.165) is 31.5 Å². The predicted molar refractivity (Wildman–Crippen MR) is 104 cm³/mol. The molecule has 3 rings (SSSR count). The summed E-state index contributed by atoms with van der Waals surface area (Å²) in [6.45, 7) is 5.85. The molecule has 0 aromatic heterocycles. The number of piperazine rings is 1. The third-order valence-electron chi connectivity index (χ3n) is 5.38. The molecule has 2 saturated heterocycles. The molecule has 0 bridgehead atoms. The van der Waals surface area contributed by atoms with E-state index in [9.17, 15) is 9.59 Å². The molecule has 1 atom stereocenters. The molecule has 1 N–H and O–H groups in total. The monoisotopic (exact) mass is 374 g/mol. The number of nitrogens with zero attached hydrogens (tertiary/aromatic N) is 3. The van der Waals surface area contributed by atoms with E-state index in [1.165, 1.54) is 0 Å². The van der Waals surface area contributed by atoms with Gasteiger partial charge in [0, 0.05) is 38.8 Å². The molecule has 7 nitrogen and oxygen atoms in total. The van der Waals surface area contributed by atoms with Gasteiger partial charge in [0.2, 0.25) is 0 Å². The summed E-state index contributed by atoms with van der Waals surface area (Å²) in [4.78, 5) is 30.7. The lowest BCUT2D eigenvalue weighted by Crippen LogP contribution is -2.55.